The third kappa shape index (κ3) is 5.03. The average molecular weight is 477 g/mol. The minimum Gasteiger partial charge on any atom is -0.465 e. The Balaban J connectivity index is 1.11. The van der Waals surface area contributed by atoms with Gasteiger partial charge in [-0.15, -0.1) is 0 Å². The van der Waals surface area contributed by atoms with Gasteiger partial charge in [-0.05, 0) is 48.6 Å². The SMILES string of the molecule is O=C(O)N1CCC(c2cccc(C(=O)N3CC(N4CCN(C(=O)c5ccccc5)CC4)C3)c2)CC1. The molecular formula is C27H32N4O4. The first kappa shape index (κ1) is 23.4. The summed E-state index contributed by atoms with van der Waals surface area (Å²) in [6.45, 7) is 5.58. The van der Waals surface area contributed by atoms with Crippen LogP contribution in [0.25, 0.3) is 0 Å². The molecule has 0 saturated carbocycles. The second-order valence-corrected chi connectivity index (χ2v) is 9.73. The molecule has 0 unspecified atom stereocenters. The molecule has 0 radical (unpaired) electrons. The van der Waals surface area contributed by atoms with Crippen molar-refractivity contribution >= 4 is 17.9 Å². The number of amides is 3. The average Bonchev–Trinajstić information content (AvgIpc) is 2.88. The lowest BCUT2D eigenvalue weighted by molar-refractivity contribution is 0.00853. The van der Waals surface area contributed by atoms with Crippen LogP contribution < -0.4 is 0 Å². The van der Waals surface area contributed by atoms with Gasteiger partial charge in [-0.25, -0.2) is 4.79 Å². The molecule has 2 aromatic carbocycles. The minimum atomic E-state index is -0.857. The van der Waals surface area contributed by atoms with Gasteiger partial charge in [-0.2, -0.15) is 0 Å². The maximum atomic E-state index is 13.1. The van der Waals surface area contributed by atoms with Crippen LogP contribution in [-0.2, 0) is 0 Å². The van der Waals surface area contributed by atoms with E-state index in [1.54, 1.807) is 0 Å². The Labute approximate surface area is 205 Å². The van der Waals surface area contributed by atoms with Crippen LogP contribution in [0.3, 0.4) is 0 Å². The van der Waals surface area contributed by atoms with Crippen LogP contribution in [0.1, 0.15) is 45.0 Å². The molecule has 0 aromatic heterocycles. The Morgan fingerprint density at radius 3 is 1.97 bits per heavy atom. The summed E-state index contributed by atoms with van der Waals surface area (Å²) < 4.78 is 0. The van der Waals surface area contributed by atoms with Crippen LogP contribution >= 0.6 is 0 Å². The van der Waals surface area contributed by atoms with E-state index in [1.165, 1.54) is 4.90 Å². The normalized spacial score (nSPS) is 19.9. The van der Waals surface area contributed by atoms with E-state index >= 15 is 0 Å². The Morgan fingerprint density at radius 1 is 0.686 bits per heavy atom. The van der Waals surface area contributed by atoms with Gasteiger partial charge >= 0.3 is 6.09 Å². The van der Waals surface area contributed by atoms with Gasteiger partial charge in [0, 0.05) is 69.5 Å². The number of piperidine rings is 1. The van der Waals surface area contributed by atoms with Gasteiger partial charge in [0.25, 0.3) is 11.8 Å². The summed E-state index contributed by atoms with van der Waals surface area (Å²) in [5.74, 6) is 0.436. The zero-order valence-corrected chi connectivity index (χ0v) is 19.9. The highest BCUT2D eigenvalue weighted by molar-refractivity contribution is 5.95. The second kappa shape index (κ2) is 10.1. The molecule has 8 nitrogen and oxygen atoms in total. The fourth-order valence-electron chi connectivity index (χ4n) is 5.42. The van der Waals surface area contributed by atoms with Crippen LogP contribution in [0.4, 0.5) is 4.79 Å². The molecule has 1 N–H and O–H groups in total. The molecular weight excluding hydrogens is 444 g/mol. The van der Waals surface area contributed by atoms with E-state index < -0.39 is 6.09 Å². The van der Waals surface area contributed by atoms with Crippen molar-refractivity contribution in [2.45, 2.75) is 24.8 Å². The van der Waals surface area contributed by atoms with Crippen molar-refractivity contribution in [3.8, 4) is 0 Å². The lowest BCUT2D eigenvalue weighted by Gasteiger charge is -2.48. The maximum Gasteiger partial charge on any atom is 0.407 e. The predicted octanol–water partition coefficient (Wildman–Crippen LogP) is 2.83. The monoisotopic (exact) mass is 476 g/mol. The highest BCUT2D eigenvalue weighted by Gasteiger charge is 2.37. The summed E-state index contributed by atoms with van der Waals surface area (Å²) >= 11 is 0. The number of hydrogen-bond acceptors (Lipinski definition) is 4. The first-order chi connectivity index (χ1) is 17.0. The first-order valence-corrected chi connectivity index (χ1v) is 12.4. The van der Waals surface area contributed by atoms with Gasteiger partial charge in [0.2, 0.25) is 0 Å². The highest BCUT2D eigenvalue weighted by atomic mass is 16.4. The Morgan fingerprint density at radius 2 is 1.31 bits per heavy atom. The Kier molecular flexibility index (Phi) is 6.72. The smallest absolute Gasteiger partial charge is 0.407 e. The topological polar surface area (TPSA) is 84.4 Å². The van der Waals surface area contributed by atoms with Crippen molar-refractivity contribution in [3.63, 3.8) is 0 Å². The zero-order chi connectivity index (χ0) is 24.4. The van der Waals surface area contributed by atoms with E-state index in [0.717, 1.165) is 37.1 Å². The molecule has 0 aliphatic carbocycles. The number of hydrogen-bond donors (Lipinski definition) is 1. The molecule has 8 heteroatoms. The van der Waals surface area contributed by atoms with Gasteiger partial charge in [0.1, 0.15) is 0 Å². The van der Waals surface area contributed by atoms with Gasteiger partial charge in [0.15, 0.2) is 0 Å². The van der Waals surface area contributed by atoms with Crippen LogP contribution in [-0.4, -0.2) is 101 Å². The number of likely N-dealkylation sites (tertiary alicyclic amines) is 2. The molecule has 3 amide bonds. The summed E-state index contributed by atoms with van der Waals surface area (Å²) in [5.41, 5.74) is 2.56. The molecule has 0 bridgehead atoms. The molecule has 35 heavy (non-hydrogen) atoms. The summed E-state index contributed by atoms with van der Waals surface area (Å²) in [4.78, 5) is 44.6. The largest absolute Gasteiger partial charge is 0.465 e. The molecule has 3 aliphatic heterocycles. The molecule has 2 aromatic rings. The molecule has 3 fully saturated rings. The molecule has 3 aliphatic rings. The number of rotatable bonds is 4. The molecule has 3 saturated heterocycles. The number of benzene rings is 2. The quantitative estimate of drug-likeness (QED) is 0.734. The number of piperazine rings is 1. The van der Waals surface area contributed by atoms with E-state index in [9.17, 15) is 14.4 Å². The van der Waals surface area contributed by atoms with E-state index in [-0.39, 0.29) is 17.7 Å². The van der Waals surface area contributed by atoms with E-state index in [0.29, 0.717) is 50.9 Å². The third-order valence-corrected chi connectivity index (χ3v) is 7.66. The molecule has 3 heterocycles. The van der Waals surface area contributed by atoms with Gasteiger partial charge in [-0.1, -0.05) is 30.3 Å². The van der Waals surface area contributed by atoms with Gasteiger partial charge in [0.05, 0.1) is 0 Å². The first-order valence-electron chi connectivity index (χ1n) is 12.4. The summed E-state index contributed by atoms with van der Waals surface area (Å²) in [6, 6.07) is 17.6. The summed E-state index contributed by atoms with van der Waals surface area (Å²) in [5, 5.41) is 9.16. The van der Waals surface area contributed by atoms with E-state index in [4.69, 9.17) is 5.11 Å². The number of carbonyl (C=O) groups is 3. The van der Waals surface area contributed by atoms with Crippen molar-refractivity contribution in [2.24, 2.45) is 0 Å². The van der Waals surface area contributed by atoms with Crippen LogP contribution in [0.15, 0.2) is 54.6 Å². The number of carbonyl (C=O) groups excluding carboxylic acids is 2. The van der Waals surface area contributed by atoms with Gasteiger partial charge in [-0.3, -0.25) is 14.5 Å². The van der Waals surface area contributed by atoms with Crippen molar-refractivity contribution in [3.05, 3.63) is 71.3 Å². The molecule has 184 valence electrons. The third-order valence-electron chi connectivity index (χ3n) is 7.66. The molecule has 0 spiro atoms. The summed E-state index contributed by atoms with van der Waals surface area (Å²) in [6.07, 6.45) is 0.715. The van der Waals surface area contributed by atoms with Crippen LogP contribution in [0.2, 0.25) is 0 Å². The minimum absolute atomic E-state index is 0.0592. The highest BCUT2D eigenvalue weighted by Crippen LogP contribution is 2.29. The van der Waals surface area contributed by atoms with E-state index in [1.807, 2.05) is 64.4 Å². The predicted molar refractivity (Wildman–Crippen MR) is 132 cm³/mol. The Bertz CT molecular complexity index is 1070. The van der Waals surface area contributed by atoms with Crippen LogP contribution in [0.5, 0.6) is 0 Å². The van der Waals surface area contributed by atoms with Gasteiger partial charge < -0.3 is 19.8 Å². The fourth-order valence-corrected chi connectivity index (χ4v) is 5.42. The van der Waals surface area contributed by atoms with Crippen LogP contribution in [0, 0.1) is 0 Å². The molecule has 5 rings (SSSR count). The van der Waals surface area contributed by atoms with E-state index in [2.05, 4.69) is 4.90 Å². The van der Waals surface area contributed by atoms with Crippen molar-refractivity contribution < 1.29 is 19.5 Å². The van der Waals surface area contributed by atoms with Crippen molar-refractivity contribution in [1.82, 2.24) is 19.6 Å². The lowest BCUT2D eigenvalue weighted by Crippen LogP contribution is -2.64. The number of carboxylic acid groups (broad SMARTS) is 1. The maximum absolute atomic E-state index is 13.1. The lowest BCUT2D eigenvalue weighted by atomic mass is 9.88. The summed E-state index contributed by atoms with van der Waals surface area (Å²) in [7, 11) is 0. The zero-order valence-electron chi connectivity index (χ0n) is 19.9. The molecule has 0 atom stereocenters. The van der Waals surface area contributed by atoms with Crippen molar-refractivity contribution in [1.29, 1.82) is 0 Å². The fraction of sp³-hybridized carbons (Fsp3) is 0.444. The Hall–Kier alpha value is -3.39. The second-order valence-electron chi connectivity index (χ2n) is 9.73. The standard InChI is InChI=1S/C27H32N4O4/c32-25(21-5-2-1-3-6-21)29-15-13-28(14-16-29)24-18-31(19-24)26(33)23-8-4-7-22(17-23)20-9-11-30(12-10-20)27(34)35/h1-8,17,20,24H,9-16,18-19H2,(H,34,35). The number of nitrogens with zero attached hydrogens (tertiary/aromatic N) is 4. The van der Waals surface area contributed by atoms with Crippen molar-refractivity contribution in [2.75, 3.05) is 52.4 Å².